The molecule has 2 heterocycles. The number of hydrogen-bond donors (Lipinski definition) is 1. The molecular formula is C22H22FN5O. The van der Waals surface area contributed by atoms with Crippen molar-refractivity contribution in [1.82, 2.24) is 14.9 Å². The van der Waals surface area contributed by atoms with Gasteiger partial charge in [-0.2, -0.15) is 0 Å². The first-order valence-corrected chi connectivity index (χ1v) is 9.59. The van der Waals surface area contributed by atoms with Crippen LogP contribution in [0.2, 0.25) is 0 Å². The summed E-state index contributed by atoms with van der Waals surface area (Å²) in [4.78, 5) is 25.3. The van der Waals surface area contributed by atoms with Crippen LogP contribution >= 0.6 is 0 Å². The standard InChI is InChI=1S/C22H22FN5O/c23-19-8-6-17(7-9-19)14-24-22-25-15-18(16-26-22)21(29)28-12-10-27(11-13-28)20-4-2-1-3-5-20/h1-9,15-16H,10-14H2,(H,24,25,26). The zero-order valence-electron chi connectivity index (χ0n) is 16.0. The Labute approximate surface area is 169 Å². The van der Waals surface area contributed by atoms with Gasteiger partial charge in [-0.15, -0.1) is 0 Å². The predicted molar refractivity (Wildman–Crippen MR) is 110 cm³/mol. The summed E-state index contributed by atoms with van der Waals surface area (Å²) in [7, 11) is 0. The second kappa shape index (κ2) is 8.68. The van der Waals surface area contributed by atoms with Gasteiger partial charge in [-0.25, -0.2) is 14.4 Å². The van der Waals surface area contributed by atoms with Gasteiger partial charge in [0.25, 0.3) is 5.91 Å². The molecule has 2 aromatic carbocycles. The number of rotatable bonds is 5. The molecule has 0 bridgehead atoms. The van der Waals surface area contributed by atoms with Crippen LogP contribution in [0.5, 0.6) is 0 Å². The molecule has 4 rings (SSSR count). The number of carbonyl (C=O) groups is 1. The number of benzene rings is 2. The van der Waals surface area contributed by atoms with Crippen molar-refractivity contribution in [3.63, 3.8) is 0 Å². The van der Waals surface area contributed by atoms with Crippen LogP contribution in [0, 0.1) is 5.82 Å². The van der Waals surface area contributed by atoms with Gasteiger partial charge in [0.05, 0.1) is 5.56 Å². The number of halogens is 1. The van der Waals surface area contributed by atoms with Gasteiger partial charge in [0, 0.05) is 50.8 Å². The van der Waals surface area contributed by atoms with Gasteiger partial charge < -0.3 is 15.1 Å². The molecule has 29 heavy (non-hydrogen) atoms. The van der Waals surface area contributed by atoms with Crippen LogP contribution in [-0.2, 0) is 6.54 Å². The molecule has 0 radical (unpaired) electrons. The molecule has 1 amide bonds. The predicted octanol–water partition coefficient (Wildman–Crippen LogP) is 3.19. The lowest BCUT2D eigenvalue weighted by Crippen LogP contribution is -2.48. The molecule has 1 N–H and O–H groups in total. The molecular weight excluding hydrogens is 369 g/mol. The molecule has 0 aliphatic carbocycles. The Morgan fingerprint density at radius 2 is 1.59 bits per heavy atom. The van der Waals surface area contributed by atoms with Crippen molar-refractivity contribution >= 4 is 17.5 Å². The maximum atomic E-state index is 12.9. The molecule has 0 unspecified atom stereocenters. The van der Waals surface area contributed by atoms with Crippen molar-refractivity contribution in [3.8, 4) is 0 Å². The van der Waals surface area contributed by atoms with Crippen LogP contribution in [0.25, 0.3) is 0 Å². The van der Waals surface area contributed by atoms with Crippen LogP contribution < -0.4 is 10.2 Å². The summed E-state index contributed by atoms with van der Waals surface area (Å²) < 4.78 is 12.9. The molecule has 1 aliphatic rings. The lowest BCUT2D eigenvalue weighted by molar-refractivity contribution is 0.0746. The lowest BCUT2D eigenvalue weighted by atomic mass is 10.2. The van der Waals surface area contributed by atoms with Gasteiger partial charge in [0.2, 0.25) is 5.95 Å². The van der Waals surface area contributed by atoms with Crippen molar-refractivity contribution in [3.05, 3.63) is 83.9 Å². The number of nitrogens with zero attached hydrogens (tertiary/aromatic N) is 4. The zero-order valence-corrected chi connectivity index (χ0v) is 16.0. The summed E-state index contributed by atoms with van der Waals surface area (Å²) in [6.45, 7) is 3.41. The highest BCUT2D eigenvalue weighted by Gasteiger charge is 2.22. The minimum absolute atomic E-state index is 0.0530. The van der Waals surface area contributed by atoms with Gasteiger partial charge in [0.1, 0.15) is 5.82 Å². The molecule has 3 aromatic rings. The summed E-state index contributed by atoms with van der Waals surface area (Å²) in [6, 6.07) is 16.5. The van der Waals surface area contributed by atoms with Gasteiger partial charge >= 0.3 is 0 Å². The van der Waals surface area contributed by atoms with E-state index in [4.69, 9.17) is 0 Å². The lowest BCUT2D eigenvalue weighted by Gasteiger charge is -2.36. The van der Waals surface area contributed by atoms with Gasteiger partial charge in [0.15, 0.2) is 0 Å². The highest BCUT2D eigenvalue weighted by Crippen LogP contribution is 2.17. The highest BCUT2D eigenvalue weighted by atomic mass is 19.1. The zero-order chi connectivity index (χ0) is 20.1. The third kappa shape index (κ3) is 4.68. The average Bonchev–Trinajstić information content (AvgIpc) is 2.79. The minimum Gasteiger partial charge on any atom is -0.368 e. The van der Waals surface area contributed by atoms with Crippen molar-refractivity contribution in [2.45, 2.75) is 6.54 Å². The Morgan fingerprint density at radius 1 is 0.931 bits per heavy atom. The first-order valence-electron chi connectivity index (χ1n) is 9.59. The van der Waals surface area contributed by atoms with E-state index in [0.717, 1.165) is 18.7 Å². The van der Waals surface area contributed by atoms with E-state index >= 15 is 0 Å². The van der Waals surface area contributed by atoms with Crippen molar-refractivity contribution < 1.29 is 9.18 Å². The summed E-state index contributed by atoms with van der Waals surface area (Å²) in [6.07, 6.45) is 3.10. The Kier molecular flexibility index (Phi) is 5.65. The molecule has 1 fully saturated rings. The van der Waals surface area contributed by atoms with Crippen LogP contribution in [0.1, 0.15) is 15.9 Å². The molecule has 0 spiro atoms. The van der Waals surface area contributed by atoms with E-state index < -0.39 is 0 Å². The normalized spacial score (nSPS) is 14.0. The van der Waals surface area contributed by atoms with E-state index in [1.807, 2.05) is 23.1 Å². The number of aromatic nitrogens is 2. The van der Waals surface area contributed by atoms with Gasteiger partial charge in [-0.05, 0) is 29.8 Å². The van der Waals surface area contributed by atoms with Crippen molar-refractivity contribution in [2.24, 2.45) is 0 Å². The summed E-state index contributed by atoms with van der Waals surface area (Å²) in [5.74, 6) is 0.111. The van der Waals surface area contributed by atoms with E-state index in [1.165, 1.54) is 17.8 Å². The molecule has 0 saturated carbocycles. The first kappa shape index (κ1) is 18.9. The van der Waals surface area contributed by atoms with Gasteiger partial charge in [-0.3, -0.25) is 4.79 Å². The Balaban J connectivity index is 1.31. The number of piperazine rings is 1. The fourth-order valence-electron chi connectivity index (χ4n) is 3.30. The molecule has 1 aromatic heterocycles. The topological polar surface area (TPSA) is 61.4 Å². The van der Waals surface area contributed by atoms with E-state index in [0.29, 0.717) is 31.1 Å². The quantitative estimate of drug-likeness (QED) is 0.724. The van der Waals surface area contributed by atoms with Crippen LogP contribution in [0.15, 0.2) is 67.0 Å². The Bertz CT molecular complexity index is 939. The monoisotopic (exact) mass is 391 g/mol. The summed E-state index contributed by atoms with van der Waals surface area (Å²) in [5, 5.41) is 3.07. The smallest absolute Gasteiger partial charge is 0.257 e. The molecule has 6 nitrogen and oxygen atoms in total. The largest absolute Gasteiger partial charge is 0.368 e. The number of anilines is 2. The fraction of sp³-hybridized carbons (Fsp3) is 0.227. The Morgan fingerprint density at radius 3 is 2.24 bits per heavy atom. The van der Waals surface area contributed by atoms with Crippen molar-refractivity contribution in [2.75, 3.05) is 36.4 Å². The number of amides is 1. The molecule has 0 atom stereocenters. The molecule has 1 aliphatic heterocycles. The second-order valence-corrected chi connectivity index (χ2v) is 6.89. The Hall–Kier alpha value is -3.48. The number of para-hydroxylation sites is 1. The van der Waals surface area contributed by atoms with Gasteiger partial charge in [-0.1, -0.05) is 30.3 Å². The third-order valence-corrected chi connectivity index (χ3v) is 4.95. The maximum Gasteiger partial charge on any atom is 0.257 e. The van der Waals surface area contributed by atoms with E-state index in [-0.39, 0.29) is 11.7 Å². The number of nitrogens with one attached hydrogen (secondary N) is 1. The van der Waals surface area contributed by atoms with E-state index in [2.05, 4.69) is 32.3 Å². The van der Waals surface area contributed by atoms with Crippen LogP contribution in [0.3, 0.4) is 0 Å². The molecule has 1 saturated heterocycles. The molecule has 7 heteroatoms. The van der Waals surface area contributed by atoms with E-state index in [1.54, 1.807) is 24.5 Å². The SMILES string of the molecule is O=C(c1cnc(NCc2ccc(F)cc2)nc1)N1CCN(c2ccccc2)CC1. The van der Waals surface area contributed by atoms with Crippen LogP contribution in [0.4, 0.5) is 16.0 Å². The van der Waals surface area contributed by atoms with E-state index in [9.17, 15) is 9.18 Å². The molecule has 148 valence electrons. The first-order chi connectivity index (χ1) is 14.2. The second-order valence-electron chi connectivity index (χ2n) is 6.89. The summed E-state index contributed by atoms with van der Waals surface area (Å²) >= 11 is 0. The minimum atomic E-state index is -0.266. The third-order valence-electron chi connectivity index (χ3n) is 4.95. The number of carbonyl (C=O) groups excluding carboxylic acids is 1. The fourth-order valence-corrected chi connectivity index (χ4v) is 3.30. The van der Waals surface area contributed by atoms with Crippen LogP contribution in [-0.4, -0.2) is 47.0 Å². The highest BCUT2D eigenvalue weighted by molar-refractivity contribution is 5.93. The maximum absolute atomic E-state index is 12.9. The van der Waals surface area contributed by atoms with Crippen molar-refractivity contribution in [1.29, 1.82) is 0 Å². The number of hydrogen-bond acceptors (Lipinski definition) is 5. The average molecular weight is 391 g/mol. The summed E-state index contributed by atoms with van der Waals surface area (Å²) in [5.41, 5.74) is 2.58.